The summed E-state index contributed by atoms with van der Waals surface area (Å²) in [5.74, 6) is 0.586. The Hall–Kier alpha value is 0.240. The molecule has 0 N–H and O–H groups in total. The minimum absolute atomic E-state index is 0.0756. The molecule has 0 fully saturated rings. The van der Waals surface area contributed by atoms with Crippen LogP contribution in [0.2, 0.25) is 0 Å². The van der Waals surface area contributed by atoms with Crippen LogP contribution < -0.4 is 0 Å². The van der Waals surface area contributed by atoms with Crippen LogP contribution in [0.4, 0.5) is 0 Å². The lowest BCUT2D eigenvalue weighted by Crippen LogP contribution is -2.13. The summed E-state index contributed by atoms with van der Waals surface area (Å²) in [6, 6.07) is 0. The number of halogens is 1. The third-order valence-corrected chi connectivity index (χ3v) is 2.90. The van der Waals surface area contributed by atoms with E-state index in [9.17, 15) is 8.42 Å². The lowest BCUT2D eigenvalue weighted by Gasteiger charge is -2.11. The van der Waals surface area contributed by atoms with Gasteiger partial charge in [0.1, 0.15) is 0 Å². The van der Waals surface area contributed by atoms with E-state index in [0.29, 0.717) is 5.92 Å². The Morgan fingerprint density at radius 2 is 1.70 bits per heavy atom. The van der Waals surface area contributed by atoms with E-state index in [1.165, 1.54) is 0 Å². The zero-order valence-electron chi connectivity index (χ0n) is 6.46. The first kappa shape index (κ1) is 10.2. The van der Waals surface area contributed by atoms with Gasteiger partial charge in [0, 0.05) is 10.7 Å². The fourth-order valence-corrected chi connectivity index (χ4v) is 2.12. The summed E-state index contributed by atoms with van der Waals surface area (Å²) in [6.45, 7) is 5.84. The largest absolute Gasteiger partial charge is 0.232 e. The van der Waals surface area contributed by atoms with Crippen molar-refractivity contribution in [1.82, 2.24) is 0 Å². The van der Waals surface area contributed by atoms with Gasteiger partial charge in [-0.15, -0.1) is 0 Å². The molecule has 1 unspecified atom stereocenters. The number of hydrogen-bond acceptors (Lipinski definition) is 2. The minimum Gasteiger partial charge on any atom is -0.212 e. The Morgan fingerprint density at radius 3 is 1.80 bits per heavy atom. The lowest BCUT2D eigenvalue weighted by molar-refractivity contribution is 0.455. The van der Waals surface area contributed by atoms with Crippen LogP contribution in [0.25, 0.3) is 0 Å². The molecule has 0 amide bonds. The van der Waals surface area contributed by atoms with Crippen LogP contribution in [0.1, 0.15) is 20.8 Å². The first-order valence-corrected chi connectivity index (χ1v) is 5.73. The van der Waals surface area contributed by atoms with Gasteiger partial charge in [-0.05, 0) is 11.8 Å². The molecule has 0 aromatic heterocycles. The molecular weight excluding hydrogens is 172 g/mol. The second-order valence-electron chi connectivity index (χ2n) is 2.93. The maximum Gasteiger partial charge on any atom is 0.232 e. The highest BCUT2D eigenvalue weighted by Crippen LogP contribution is 2.13. The molecule has 0 heterocycles. The van der Waals surface area contributed by atoms with E-state index >= 15 is 0 Å². The predicted octanol–water partition coefficient (Wildman–Crippen LogP) is 1.85. The molecule has 0 spiro atoms. The van der Waals surface area contributed by atoms with E-state index in [2.05, 4.69) is 0 Å². The van der Waals surface area contributed by atoms with Gasteiger partial charge in [-0.3, -0.25) is 0 Å². The van der Waals surface area contributed by atoms with E-state index < -0.39 is 9.05 Å². The average Bonchev–Trinajstić information content (AvgIpc) is 1.60. The number of rotatable bonds is 3. The maximum absolute atomic E-state index is 10.5. The summed E-state index contributed by atoms with van der Waals surface area (Å²) >= 11 is 0. The molecule has 0 rings (SSSR count). The summed E-state index contributed by atoms with van der Waals surface area (Å²) in [7, 11) is 1.75. The van der Waals surface area contributed by atoms with Gasteiger partial charge < -0.3 is 0 Å². The van der Waals surface area contributed by atoms with Gasteiger partial charge in [-0.2, -0.15) is 0 Å². The van der Waals surface area contributed by atoms with Crippen LogP contribution >= 0.6 is 10.7 Å². The highest BCUT2D eigenvalue weighted by atomic mass is 35.7. The topological polar surface area (TPSA) is 34.1 Å². The van der Waals surface area contributed by atoms with Crippen LogP contribution in [0, 0.1) is 11.8 Å². The molecule has 0 aliphatic carbocycles. The Morgan fingerprint density at radius 1 is 1.30 bits per heavy atom. The molecule has 0 saturated carbocycles. The van der Waals surface area contributed by atoms with Crippen molar-refractivity contribution >= 4 is 19.7 Å². The van der Waals surface area contributed by atoms with Crippen molar-refractivity contribution < 1.29 is 8.42 Å². The van der Waals surface area contributed by atoms with Gasteiger partial charge >= 0.3 is 0 Å². The Bertz CT molecular complexity index is 184. The van der Waals surface area contributed by atoms with Crippen molar-refractivity contribution in [3.8, 4) is 0 Å². The van der Waals surface area contributed by atoms with E-state index in [-0.39, 0.29) is 11.7 Å². The summed E-state index contributed by atoms with van der Waals surface area (Å²) < 4.78 is 21.0. The smallest absolute Gasteiger partial charge is 0.212 e. The van der Waals surface area contributed by atoms with Crippen LogP contribution in [0.3, 0.4) is 0 Å². The fraction of sp³-hybridized carbons (Fsp3) is 1.00. The van der Waals surface area contributed by atoms with Crippen molar-refractivity contribution in [1.29, 1.82) is 0 Å². The molecule has 62 valence electrons. The highest BCUT2D eigenvalue weighted by Gasteiger charge is 2.14. The fourth-order valence-electron chi connectivity index (χ4n) is 0.506. The van der Waals surface area contributed by atoms with E-state index in [0.717, 1.165) is 0 Å². The molecule has 0 radical (unpaired) electrons. The highest BCUT2D eigenvalue weighted by molar-refractivity contribution is 8.13. The summed E-state index contributed by atoms with van der Waals surface area (Å²) in [5.41, 5.74) is 0. The van der Waals surface area contributed by atoms with E-state index in [1.54, 1.807) is 0 Å². The van der Waals surface area contributed by atoms with Crippen molar-refractivity contribution in [2.75, 3.05) is 5.75 Å². The Labute approximate surface area is 67.0 Å². The molecule has 0 saturated heterocycles. The van der Waals surface area contributed by atoms with Crippen molar-refractivity contribution in [2.45, 2.75) is 20.8 Å². The molecular formula is C6H13ClO2S. The summed E-state index contributed by atoms with van der Waals surface area (Å²) in [6.07, 6.45) is 0. The lowest BCUT2D eigenvalue weighted by atomic mass is 10.0. The first-order valence-electron chi connectivity index (χ1n) is 3.25. The van der Waals surface area contributed by atoms with Crippen LogP contribution in [0.15, 0.2) is 0 Å². The summed E-state index contributed by atoms with van der Waals surface area (Å²) in [5, 5.41) is 0. The van der Waals surface area contributed by atoms with Crippen molar-refractivity contribution in [2.24, 2.45) is 11.8 Å². The number of hydrogen-bond donors (Lipinski definition) is 0. The second kappa shape index (κ2) is 3.58. The summed E-state index contributed by atoms with van der Waals surface area (Å²) in [4.78, 5) is 0. The maximum atomic E-state index is 10.5. The van der Waals surface area contributed by atoms with Crippen LogP contribution in [-0.4, -0.2) is 14.2 Å². The van der Waals surface area contributed by atoms with Gasteiger partial charge in [0.05, 0.1) is 5.75 Å². The van der Waals surface area contributed by atoms with Crippen molar-refractivity contribution in [3.05, 3.63) is 0 Å². The average molecular weight is 185 g/mol. The third kappa shape index (κ3) is 5.06. The molecule has 0 aliphatic rings. The quantitative estimate of drug-likeness (QED) is 0.628. The van der Waals surface area contributed by atoms with E-state index in [1.807, 2.05) is 20.8 Å². The van der Waals surface area contributed by atoms with Gasteiger partial charge in [0.15, 0.2) is 0 Å². The van der Waals surface area contributed by atoms with Crippen LogP contribution in [-0.2, 0) is 9.05 Å². The predicted molar refractivity (Wildman–Crippen MR) is 43.6 cm³/mol. The Kier molecular flexibility index (Phi) is 3.66. The van der Waals surface area contributed by atoms with Gasteiger partial charge in [-0.1, -0.05) is 20.8 Å². The third-order valence-electron chi connectivity index (χ3n) is 1.60. The second-order valence-corrected chi connectivity index (χ2v) is 5.75. The molecule has 0 aliphatic heterocycles. The monoisotopic (exact) mass is 184 g/mol. The van der Waals surface area contributed by atoms with E-state index in [4.69, 9.17) is 10.7 Å². The molecule has 10 heavy (non-hydrogen) atoms. The normalized spacial score (nSPS) is 15.7. The molecule has 4 heteroatoms. The van der Waals surface area contributed by atoms with Crippen molar-refractivity contribution in [3.63, 3.8) is 0 Å². The van der Waals surface area contributed by atoms with Gasteiger partial charge in [0.2, 0.25) is 9.05 Å². The zero-order chi connectivity index (χ0) is 8.36. The molecule has 0 bridgehead atoms. The molecule has 0 aromatic rings. The SMILES string of the molecule is CC(C)C(C)CS(=O)(=O)Cl. The molecule has 0 aromatic carbocycles. The molecule has 1 atom stereocenters. The molecule has 2 nitrogen and oxygen atoms in total. The first-order chi connectivity index (χ1) is 4.33. The zero-order valence-corrected chi connectivity index (χ0v) is 8.04. The standard InChI is InChI=1S/C6H13ClO2S/c1-5(2)6(3)4-10(7,8)9/h5-6H,4H2,1-3H3. The van der Waals surface area contributed by atoms with Crippen LogP contribution in [0.5, 0.6) is 0 Å². The van der Waals surface area contributed by atoms with Gasteiger partial charge in [-0.25, -0.2) is 8.42 Å². The van der Waals surface area contributed by atoms with Gasteiger partial charge in [0.25, 0.3) is 0 Å². The Balaban J connectivity index is 3.93. The minimum atomic E-state index is -3.30.